The molecular weight excluding hydrogens is 428 g/mol. The molecule has 2 radical (unpaired) electrons. The Labute approximate surface area is 160 Å². The van der Waals surface area contributed by atoms with E-state index in [2.05, 4.69) is 54.0 Å². The minimum atomic E-state index is -1.54. The first-order valence-electron chi connectivity index (χ1n) is 8.65. The number of halogens is 2. The summed E-state index contributed by atoms with van der Waals surface area (Å²) >= 11 is -1.54. The van der Waals surface area contributed by atoms with Crippen LogP contribution in [-0.2, 0) is 13.5 Å². The van der Waals surface area contributed by atoms with Crippen LogP contribution in [0.4, 0.5) is 5.69 Å². The van der Waals surface area contributed by atoms with Crippen LogP contribution in [-0.4, -0.2) is 29.1 Å². The predicted molar refractivity (Wildman–Crippen MR) is 104 cm³/mol. The van der Waals surface area contributed by atoms with Crippen LogP contribution < -0.4 is 4.90 Å². The van der Waals surface area contributed by atoms with E-state index < -0.39 is 13.5 Å². The van der Waals surface area contributed by atoms with Crippen molar-refractivity contribution in [2.24, 2.45) is 0 Å². The van der Waals surface area contributed by atoms with Gasteiger partial charge in [0.2, 0.25) is 0 Å². The maximum absolute atomic E-state index is 5.83. The minimum Gasteiger partial charge on any atom is -0.0543 e. The van der Waals surface area contributed by atoms with Crippen LogP contribution in [0.1, 0.15) is 48.8 Å². The third-order valence-corrected chi connectivity index (χ3v) is 6.68. The van der Waals surface area contributed by atoms with E-state index in [9.17, 15) is 0 Å². The number of benzene rings is 1. The summed E-state index contributed by atoms with van der Waals surface area (Å²) in [7, 11) is 11.7. The molecule has 1 saturated heterocycles. The quantitative estimate of drug-likeness (QED) is 0.381. The van der Waals surface area contributed by atoms with Crippen LogP contribution in [0, 0.1) is 27.4 Å². The molecule has 0 amide bonds. The maximum atomic E-state index is 5.83. The fourth-order valence-electron chi connectivity index (χ4n) is 3.36. The van der Waals surface area contributed by atoms with Gasteiger partial charge in [0.25, 0.3) is 0 Å². The Morgan fingerprint density at radius 2 is 1.71 bits per heavy atom. The van der Waals surface area contributed by atoms with Gasteiger partial charge in [0.1, 0.15) is 0 Å². The summed E-state index contributed by atoms with van der Waals surface area (Å²) in [5, 5.41) is 0. The van der Waals surface area contributed by atoms with Crippen molar-refractivity contribution in [1.29, 1.82) is 0 Å². The van der Waals surface area contributed by atoms with Gasteiger partial charge in [0.05, 0.1) is 0 Å². The summed E-state index contributed by atoms with van der Waals surface area (Å²) < 4.78 is 2.11. The molecule has 5 heteroatoms. The van der Waals surface area contributed by atoms with E-state index in [1.54, 1.807) is 0 Å². The summed E-state index contributed by atoms with van der Waals surface area (Å²) in [6, 6.07) is 4.53. The van der Waals surface area contributed by atoms with Crippen molar-refractivity contribution in [3.63, 3.8) is 0 Å². The summed E-state index contributed by atoms with van der Waals surface area (Å²) in [6.45, 7) is 13.3. The first kappa shape index (κ1) is 20.4. The molecule has 24 heavy (non-hydrogen) atoms. The average molecular weight is 456 g/mol. The van der Waals surface area contributed by atoms with Gasteiger partial charge in [0.15, 0.2) is 0 Å². The molecule has 2 nitrogen and oxygen atoms in total. The van der Waals surface area contributed by atoms with Crippen molar-refractivity contribution in [3.8, 4) is 0 Å². The van der Waals surface area contributed by atoms with Crippen molar-refractivity contribution in [3.05, 3.63) is 35.5 Å². The second kappa shape index (κ2) is 10.3. The summed E-state index contributed by atoms with van der Waals surface area (Å²) in [5.41, 5.74) is 5.36. The number of aryl methyl sites for hydroxylation is 3. The van der Waals surface area contributed by atoms with E-state index in [0.29, 0.717) is 0 Å². The Hall–Kier alpha value is 0.0534. The third kappa shape index (κ3) is 6.41. The fraction of sp³-hybridized carbons (Fsp3) is 0.579. The molecule has 0 N–H and O–H groups in total. The number of hydrogen-bond acceptors (Lipinski definition) is 2. The van der Waals surface area contributed by atoms with Crippen LogP contribution in [0.2, 0.25) is 0 Å². The van der Waals surface area contributed by atoms with Crippen molar-refractivity contribution >= 4 is 29.7 Å². The van der Waals surface area contributed by atoms with Gasteiger partial charge in [0, 0.05) is 0 Å². The average Bonchev–Trinajstić information content (AvgIpc) is 2.93. The smallest absolute Gasteiger partial charge is 0.0543 e. The Balaban J connectivity index is 1.71. The zero-order valence-electron chi connectivity index (χ0n) is 14.9. The Morgan fingerprint density at radius 3 is 2.38 bits per heavy atom. The fourth-order valence-corrected chi connectivity index (χ4v) is 5.01. The van der Waals surface area contributed by atoms with Gasteiger partial charge < -0.3 is 0 Å². The molecule has 0 saturated carbocycles. The standard InChI is InChI=1S/C19H28N2.2ClH.Ru/c1-5-6-7-8-9-10-20-11-12-21(15-20)19-17(3)13-16(2)14-18(19)4;;;/h1,13-14H,5-12H2,2-4H3;2*1H;/q;;;+2/p-2. The third-order valence-electron chi connectivity index (χ3n) is 4.35. The molecule has 0 atom stereocenters. The SMILES string of the molecule is Cc1cc(C)c(N2[C]N(CCCCCC[CH]=[Ru]([Cl])[Cl])CC2)c(C)c1. The van der Waals surface area contributed by atoms with E-state index in [4.69, 9.17) is 19.4 Å². The number of hydrogen-bond donors (Lipinski definition) is 0. The number of rotatable bonds is 8. The second-order valence-electron chi connectivity index (χ2n) is 6.54. The number of anilines is 1. The van der Waals surface area contributed by atoms with Gasteiger partial charge in [-0.05, 0) is 20.8 Å². The normalized spacial score (nSPS) is 15.9. The molecule has 136 valence electrons. The van der Waals surface area contributed by atoms with Gasteiger partial charge in [-0.1, -0.05) is 17.7 Å². The molecule has 1 aromatic rings. The zero-order chi connectivity index (χ0) is 17.5. The van der Waals surface area contributed by atoms with E-state index in [1.807, 2.05) is 0 Å². The summed E-state index contributed by atoms with van der Waals surface area (Å²) in [5.74, 6) is 0. The van der Waals surface area contributed by atoms with Gasteiger partial charge in [-0.25, -0.2) is 0 Å². The van der Waals surface area contributed by atoms with E-state index in [-0.39, 0.29) is 0 Å². The molecule has 0 unspecified atom stereocenters. The molecule has 2 rings (SSSR count). The Kier molecular flexibility index (Phi) is 8.71. The van der Waals surface area contributed by atoms with Crippen molar-refractivity contribution in [2.75, 3.05) is 24.5 Å². The van der Waals surface area contributed by atoms with Crippen molar-refractivity contribution in [1.82, 2.24) is 4.90 Å². The summed E-state index contributed by atoms with van der Waals surface area (Å²) in [4.78, 5) is 4.64. The van der Waals surface area contributed by atoms with Crippen molar-refractivity contribution in [2.45, 2.75) is 52.9 Å². The molecule has 1 fully saturated rings. The molecule has 0 aromatic heterocycles. The second-order valence-corrected chi connectivity index (χ2v) is 12.5. The molecule has 1 aliphatic heterocycles. The van der Waals surface area contributed by atoms with Crippen molar-refractivity contribution < 1.29 is 13.5 Å². The summed E-state index contributed by atoms with van der Waals surface area (Å²) in [6.07, 6.45) is 6.06. The van der Waals surface area contributed by atoms with E-state index in [0.717, 1.165) is 26.1 Å². The van der Waals surface area contributed by atoms with Gasteiger partial charge in [-0.3, -0.25) is 0 Å². The minimum absolute atomic E-state index is 1.04. The van der Waals surface area contributed by atoms with Crippen LogP contribution in [0.3, 0.4) is 0 Å². The van der Waals surface area contributed by atoms with Crippen LogP contribution >= 0.6 is 19.4 Å². The molecule has 1 aliphatic rings. The molecule has 1 heterocycles. The zero-order valence-corrected chi connectivity index (χ0v) is 18.1. The van der Waals surface area contributed by atoms with E-state index >= 15 is 0 Å². The van der Waals surface area contributed by atoms with E-state index in [1.165, 1.54) is 48.1 Å². The first-order chi connectivity index (χ1) is 11.5. The molecule has 0 aliphatic carbocycles. The predicted octanol–water partition coefficient (Wildman–Crippen LogP) is 5.41. The number of unbranched alkanes of at least 4 members (excludes halogenated alkanes) is 4. The number of nitrogens with zero attached hydrogens (tertiary/aromatic N) is 2. The molecule has 0 spiro atoms. The first-order valence-corrected chi connectivity index (χ1v) is 14.1. The molecular formula is C19H28Cl2N2Ru. The molecule has 0 bridgehead atoms. The van der Waals surface area contributed by atoms with Crippen LogP contribution in [0.25, 0.3) is 0 Å². The Morgan fingerprint density at radius 1 is 1.04 bits per heavy atom. The molecule has 1 aromatic carbocycles. The van der Waals surface area contributed by atoms with Gasteiger partial charge in [-0.15, -0.1) is 0 Å². The monoisotopic (exact) mass is 456 g/mol. The van der Waals surface area contributed by atoms with Crippen LogP contribution in [0.15, 0.2) is 12.1 Å². The topological polar surface area (TPSA) is 6.48 Å². The van der Waals surface area contributed by atoms with Crippen LogP contribution in [0.5, 0.6) is 0 Å². The van der Waals surface area contributed by atoms with Gasteiger partial charge >= 0.3 is 123 Å². The Bertz CT molecular complexity index is 547. The van der Waals surface area contributed by atoms with Gasteiger partial charge in [-0.2, -0.15) is 0 Å².